The Morgan fingerprint density at radius 1 is 1.20 bits per heavy atom. The van der Waals surface area contributed by atoms with Crippen LogP contribution < -0.4 is 0 Å². The van der Waals surface area contributed by atoms with Crippen molar-refractivity contribution in [1.82, 2.24) is 19.7 Å². The third kappa shape index (κ3) is 2.76. The zero-order valence-electron chi connectivity index (χ0n) is 15.8. The van der Waals surface area contributed by atoms with Gasteiger partial charge in [-0.1, -0.05) is 0 Å². The zero-order valence-corrected chi connectivity index (χ0v) is 17.4. The van der Waals surface area contributed by atoms with Crippen molar-refractivity contribution in [3.63, 3.8) is 0 Å². The summed E-state index contributed by atoms with van der Waals surface area (Å²) in [7, 11) is 0. The van der Waals surface area contributed by atoms with E-state index in [9.17, 15) is 0 Å². The van der Waals surface area contributed by atoms with Gasteiger partial charge in [0.05, 0.1) is 16.2 Å². The van der Waals surface area contributed by atoms with E-state index in [1.807, 2.05) is 19.2 Å². The summed E-state index contributed by atoms with van der Waals surface area (Å²) in [6.45, 7) is 13.6. The van der Waals surface area contributed by atoms with Crippen molar-refractivity contribution >= 4 is 15.9 Å². The molecule has 1 saturated carbocycles. The van der Waals surface area contributed by atoms with Crippen LogP contribution in [0.5, 0.6) is 0 Å². The topological polar surface area (TPSA) is 34.0 Å². The maximum atomic E-state index is 4.97. The molecule has 4 nitrogen and oxygen atoms in total. The highest BCUT2D eigenvalue weighted by Crippen LogP contribution is 2.56. The van der Waals surface area contributed by atoms with Crippen molar-refractivity contribution < 1.29 is 0 Å². The molecule has 2 aromatic heterocycles. The van der Waals surface area contributed by atoms with Crippen molar-refractivity contribution in [2.24, 2.45) is 5.41 Å². The number of halogens is 1. The Labute approximate surface area is 158 Å². The monoisotopic (exact) mass is 402 g/mol. The summed E-state index contributed by atoms with van der Waals surface area (Å²) in [5, 5.41) is 4.97. The first-order chi connectivity index (χ1) is 11.7. The van der Waals surface area contributed by atoms with Gasteiger partial charge in [-0.05, 0) is 80.9 Å². The number of rotatable bonds is 2. The van der Waals surface area contributed by atoms with E-state index < -0.39 is 0 Å². The highest BCUT2D eigenvalue weighted by atomic mass is 79.9. The average molecular weight is 403 g/mol. The minimum Gasteiger partial charge on any atom is -0.297 e. The first-order valence-electron chi connectivity index (χ1n) is 9.12. The van der Waals surface area contributed by atoms with E-state index in [4.69, 9.17) is 5.10 Å². The first-order valence-corrected chi connectivity index (χ1v) is 9.91. The van der Waals surface area contributed by atoms with Crippen LogP contribution in [0.15, 0.2) is 22.8 Å². The Morgan fingerprint density at radius 3 is 2.48 bits per heavy atom. The standard InChI is InChI=1S/C20H27BrN4/c1-13-16(7-6-8-22-13)18-17(21)14(2)25(23-18)15-9-20(10-15)11-24(12-20)19(3,4)5/h6-8,15H,9-12H2,1-5H3. The summed E-state index contributed by atoms with van der Waals surface area (Å²) in [6.07, 6.45) is 4.34. The molecule has 1 aliphatic carbocycles. The zero-order chi connectivity index (χ0) is 18.0. The van der Waals surface area contributed by atoms with Gasteiger partial charge >= 0.3 is 0 Å². The molecule has 0 aromatic carbocycles. The second-order valence-electron chi connectivity index (χ2n) is 8.92. The van der Waals surface area contributed by atoms with E-state index in [0.717, 1.165) is 21.4 Å². The number of aromatic nitrogens is 3. The lowest BCUT2D eigenvalue weighted by molar-refractivity contribution is -0.127. The first kappa shape index (κ1) is 17.2. The predicted octanol–water partition coefficient (Wildman–Crippen LogP) is 4.76. The molecule has 1 spiro atoms. The van der Waals surface area contributed by atoms with Crippen LogP contribution in [0.25, 0.3) is 11.3 Å². The van der Waals surface area contributed by atoms with Gasteiger partial charge in [0, 0.05) is 36.1 Å². The lowest BCUT2D eigenvalue weighted by atomic mass is 9.59. The van der Waals surface area contributed by atoms with Crippen LogP contribution in [0.4, 0.5) is 0 Å². The van der Waals surface area contributed by atoms with E-state index in [1.54, 1.807) is 0 Å². The number of hydrogen-bond acceptors (Lipinski definition) is 3. The molecule has 4 rings (SSSR count). The fourth-order valence-corrected chi connectivity index (χ4v) is 4.84. The summed E-state index contributed by atoms with van der Waals surface area (Å²) in [4.78, 5) is 7.01. The van der Waals surface area contributed by atoms with Gasteiger partial charge in [-0.25, -0.2) is 0 Å². The maximum Gasteiger partial charge on any atom is 0.109 e. The van der Waals surface area contributed by atoms with E-state index in [1.165, 1.54) is 31.6 Å². The van der Waals surface area contributed by atoms with Crippen molar-refractivity contribution in [1.29, 1.82) is 0 Å². The fraction of sp³-hybridized carbons (Fsp3) is 0.600. The van der Waals surface area contributed by atoms with Crippen molar-refractivity contribution in [3.05, 3.63) is 34.2 Å². The molecule has 25 heavy (non-hydrogen) atoms. The quantitative estimate of drug-likeness (QED) is 0.725. The molecule has 2 fully saturated rings. The minimum atomic E-state index is 0.298. The number of nitrogens with zero attached hydrogens (tertiary/aromatic N) is 4. The predicted molar refractivity (Wildman–Crippen MR) is 105 cm³/mol. The van der Waals surface area contributed by atoms with Crippen molar-refractivity contribution in [2.45, 2.75) is 59.0 Å². The van der Waals surface area contributed by atoms with Gasteiger partial charge in [-0.3, -0.25) is 14.6 Å². The molecule has 1 aliphatic heterocycles. The molecule has 0 amide bonds. The van der Waals surface area contributed by atoms with Crippen LogP contribution in [0.3, 0.4) is 0 Å². The highest BCUT2D eigenvalue weighted by molar-refractivity contribution is 9.10. The van der Waals surface area contributed by atoms with Gasteiger partial charge in [0.2, 0.25) is 0 Å². The molecule has 0 atom stereocenters. The van der Waals surface area contributed by atoms with Crippen LogP contribution in [0, 0.1) is 19.3 Å². The van der Waals surface area contributed by atoms with Crippen LogP contribution in [-0.4, -0.2) is 38.3 Å². The molecule has 3 heterocycles. The van der Waals surface area contributed by atoms with E-state index in [0.29, 0.717) is 17.0 Å². The lowest BCUT2D eigenvalue weighted by Crippen LogP contribution is -2.67. The molecule has 0 bridgehead atoms. The SMILES string of the molecule is Cc1ncccc1-c1nn(C2CC3(C2)CN(C(C)(C)C)C3)c(C)c1Br. The Balaban J connectivity index is 1.53. The maximum absolute atomic E-state index is 4.97. The molecule has 2 aromatic rings. The molecule has 5 heteroatoms. The second-order valence-corrected chi connectivity index (χ2v) is 9.71. The van der Waals surface area contributed by atoms with Gasteiger partial charge in [0.1, 0.15) is 5.69 Å². The molecular formula is C20H27BrN4. The summed E-state index contributed by atoms with van der Waals surface area (Å²) in [5.41, 5.74) is 5.23. The number of likely N-dealkylation sites (tertiary alicyclic amines) is 1. The normalized spacial score (nSPS) is 20.6. The van der Waals surface area contributed by atoms with Crippen molar-refractivity contribution in [2.75, 3.05) is 13.1 Å². The number of aryl methyl sites for hydroxylation is 1. The summed E-state index contributed by atoms with van der Waals surface area (Å²) < 4.78 is 3.35. The molecule has 134 valence electrons. The number of pyridine rings is 1. The van der Waals surface area contributed by atoms with Crippen LogP contribution in [0.2, 0.25) is 0 Å². The second kappa shape index (κ2) is 5.65. The van der Waals surface area contributed by atoms with Gasteiger partial charge < -0.3 is 0 Å². The molecule has 2 aliphatic rings. The minimum absolute atomic E-state index is 0.298. The van der Waals surface area contributed by atoms with Crippen LogP contribution in [0.1, 0.15) is 51.0 Å². The Hall–Kier alpha value is -1.20. The fourth-order valence-electron chi connectivity index (χ4n) is 4.37. The van der Waals surface area contributed by atoms with Crippen LogP contribution >= 0.6 is 15.9 Å². The molecule has 1 saturated heterocycles. The van der Waals surface area contributed by atoms with E-state index in [2.05, 4.69) is 64.3 Å². The van der Waals surface area contributed by atoms with Gasteiger partial charge in [0.15, 0.2) is 0 Å². The summed E-state index contributed by atoms with van der Waals surface area (Å²) in [5.74, 6) is 0. The third-order valence-electron chi connectivity index (χ3n) is 6.02. The largest absolute Gasteiger partial charge is 0.297 e. The Bertz CT molecular complexity index is 804. The highest BCUT2D eigenvalue weighted by Gasteiger charge is 2.55. The Kier molecular flexibility index (Phi) is 3.89. The van der Waals surface area contributed by atoms with Gasteiger partial charge in [0.25, 0.3) is 0 Å². The lowest BCUT2D eigenvalue weighted by Gasteiger charge is -2.62. The summed E-state index contributed by atoms with van der Waals surface area (Å²) >= 11 is 3.77. The average Bonchev–Trinajstić information content (AvgIpc) is 2.72. The van der Waals surface area contributed by atoms with Gasteiger partial charge in [-0.15, -0.1) is 0 Å². The van der Waals surface area contributed by atoms with Gasteiger partial charge in [-0.2, -0.15) is 5.10 Å². The van der Waals surface area contributed by atoms with Crippen molar-refractivity contribution in [3.8, 4) is 11.3 Å². The van der Waals surface area contributed by atoms with Crippen LogP contribution in [-0.2, 0) is 0 Å². The molecule has 0 N–H and O–H groups in total. The number of hydrogen-bond donors (Lipinski definition) is 0. The summed E-state index contributed by atoms with van der Waals surface area (Å²) in [6, 6.07) is 4.62. The van der Waals surface area contributed by atoms with E-state index >= 15 is 0 Å². The molecule has 0 radical (unpaired) electrons. The Morgan fingerprint density at radius 2 is 1.88 bits per heavy atom. The smallest absolute Gasteiger partial charge is 0.109 e. The van der Waals surface area contributed by atoms with E-state index in [-0.39, 0.29) is 0 Å². The molecular weight excluding hydrogens is 376 g/mol. The third-order valence-corrected chi connectivity index (χ3v) is 6.97. The molecule has 0 unspecified atom stereocenters.